The number of nitriles is 1. The molecule has 1 aromatic carbocycles. The monoisotopic (exact) mass is 463 g/mol. The average molecular weight is 463 g/mol. The van der Waals surface area contributed by atoms with Crippen molar-refractivity contribution >= 4 is 5.97 Å². The third-order valence-electron chi connectivity index (χ3n) is 4.65. The molecule has 3 aromatic rings. The molecule has 13 heteroatoms. The second-order valence-corrected chi connectivity index (χ2v) is 7.15. The highest BCUT2D eigenvalue weighted by atomic mass is 19.4. The lowest BCUT2D eigenvalue weighted by Crippen LogP contribution is -2.36. The molecule has 0 radical (unpaired) electrons. The lowest BCUT2D eigenvalue weighted by Gasteiger charge is -2.24. The van der Waals surface area contributed by atoms with Crippen LogP contribution in [0, 0.1) is 11.3 Å². The molecule has 0 amide bonds. The third kappa shape index (κ3) is 6.37. The van der Waals surface area contributed by atoms with E-state index < -0.39 is 12.1 Å². The largest absolute Gasteiger partial charge is 0.490 e. The van der Waals surface area contributed by atoms with Crippen LogP contribution in [0.2, 0.25) is 0 Å². The molecule has 0 saturated heterocycles. The highest BCUT2D eigenvalue weighted by Crippen LogP contribution is 2.24. The zero-order valence-corrected chi connectivity index (χ0v) is 17.5. The minimum atomic E-state index is -5.08. The molecule has 0 spiro atoms. The van der Waals surface area contributed by atoms with Gasteiger partial charge in [0.2, 0.25) is 0 Å². The summed E-state index contributed by atoms with van der Waals surface area (Å²) in [6.07, 6.45) is -1.34. The predicted octanol–water partition coefficient (Wildman–Crippen LogP) is 1.87. The van der Waals surface area contributed by atoms with E-state index in [1.807, 2.05) is 36.1 Å². The molecule has 2 aromatic heterocycles. The minimum Gasteiger partial charge on any atom is -0.475 e. The number of halogens is 3. The first kappa shape index (κ1) is 23.9. The van der Waals surface area contributed by atoms with Gasteiger partial charge in [-0.05, 0) is 17.7 Å². The Kier molecular flexibility index (Phi) is 7.41. The molecule has 2 N–H and O–H groups in total. The first-order valence-electron chi connectivity index (χ1n) is 9.70. The number of hydrogen-bond donors (Lipinski definition) is 2. The Labute approximate surface area is 186 Å². The van der Waals surface area contributed by atoms with E-state index in [0.29, 0.717) is 31.8 Å². The molecule has 4 rings (SSSR count). The molecular formula is C20H20F3N7O3. The number of rotatable bonds is 5. The van der Waals surface area contributed by atoms with Gasteiger partial charge in [-0.15, -0.1) is 5.10 Å². The predicted molar refractivity (Wildman–Crippen MR) is 107 cm³/mol. The lowest BCUT2D eigenvalue weighted by atomic mass is 10.1. The zero-order valence-electron chi connectivity index (χ0n) is 17.5. The summed E-state index contributed by atoms with van der Waals surface area (Å²) in [5, 5.41) is 32.2. The Balaban J connectivity index is 0.000000383. The Bertz CT molecular complexity index is 1150. The zero-order chi connectivity index (χ0) is 24.0. The summed E-state index contributed by atoms with van der Waals surface area (Å²) in [6.45, 7) is 2.54. The Morgan fingerprint density at radius 1 is 1.42 bits per heavy atom. The summed E-state index contributed by atoms with van der Waals surface area (Å²) >= 11 is 0. The fourth-order valence-electron chi connectivity index (χ4n) is 3.08. The molecule has 0 saturated carbocycles. The molecule has 1 aliphatic heterocycles. The van der Waals surface area contributed by atoms with Gasteiger partial charge in [-0.3, -0.25) is 4.68 Å². The summed E-state index contributed by atoms with van der Waals surface area (Å²) in [7, 11) is 1.88. The SMILES string of the molecule is Cn1cc(-c2nnn3c2COC(CNCc2cccc(C#N)c2)C3)cn1.O=C(O)C(F)(F)F. The van der Waals surface area contributed by atoms with E-state index in [0.717, 1.165) is 22.5 Å². The second-order valence-electron chi connectivity index (χ2n) is 7.15. The number of carboxylic acid groups (broad SMARTS) is 1. The number of nitrogens with one attached hydrogen (secondary N) is 1. The van der Waals surface area contributed by atoms with Gasteiger partial charge in [-0.2, -0.15) is 23.5 Å². The van der Waals surface area contributed by atoms with Crippen LogP contribution in [-0.2, 0) is 36.3 Å². The van der Waals surface area contributed by atoms with Crippen molar-refractivity contribution < 1.29 is 27.8 Å². The molecule has 1 atom stereocenters. The maximum atomic E-state index is 10.6. The van der Waals surface area contributed by atoms with E-state index in [4.69, 9.17) is 19.9 Å². The van der Waals surface area contributed by atoms with E-state index in [2.05, 4.69) is 26.8 Å². The van der Waals surface area contributed by atoms with Crippen LogP contribution >= 0.6 is 0 Å². The molecule has 1 aliphatic rings. The fraction of sp³-hybridized carbons (Fsp3) is 0.350. The molecule has 3 heterocycles. The Hall–Kier alpha value is -3.76. The highest BCUT2D eigenvalue weighted by molar-refractivity contribution is 5.73. The number of alkyl halides is 3. The molecule has 0 aliphatic carbocycles. The van der Waals surface area contributed by atoms with Crippen molar-refractivity contribution in [1.82, 2.24) is 30.1 Å². The van der Waals surface area contributed by atoms with E-state index >= 15 is 0 Å². The average Bonchev–Trinajstić information content (AvgIpc) is 3.39. The van der Waals surface area contributed by atoms with E-state index in [1.54, 1.807) is 16.9 Å². The van der Waals surface area contributed by atoms with Gasteiger partial charge in [-0.25, -0.2) is 9.48 Å². The Morgan fingerprint density at radius 3 is 2.82 bits per heavy atom. The normalized spacial score (nSPS) is 15.2. The van der Waals surface area contributed by atoms with Crippen LogP contribution in [-0.4, -0.2) is 54.7 Å². The van der Waals surface area contributed by atoms with Gasteiger partial charge in [0.15, 0.2) is 0 Å². The summed E-state index contributed by atoms with van der Waals surface area (Å²) in [4.78, 5) is 8.90. The van der Waals surface area contributed by atoms with Gasteiger partial charge >= 0.3 is 12.1 Å². The van der Waals surface area contributed by atoms with Crippen molar-refractivity contribution in [1.29, 1.82) is 5.26 Å². The quantitative estimate of drug-likeness (QED) is 0.587. The van der Waals surface area contributed by atoms with Crippen LogP contribution in [0.5, 0.6) is 0 Å². The van der Waals surface area contributed by atoms with Crippen LogP contribution in [0.3, 0.4) is 0 Å². The highest BCUT2D eigenvalue weighted by Gasteiger charge is 2.38. The molecule has 0 fully saturated rings. The standard InChI is InChI=1S/C18H19N7O.C2HF3O2/c1-24-10-15(8-21-24)18-17-12-26-16(11-25(17)23-22-18)9-20-7-14-4-2-3-13(5-14)6-19;3-2(4,5)1(6)7/h2-5,8,10,16,20H,7,9,11-12H2,1H3;(H,6,7). The third-order valence-corrected chi connectivity index (χ3v) is 4.65. The van der Waals surface area contributed by atoms with E-state index in [9.17, 15) is 13.2 Å². The molecule has 33 heavy (non-hydrogen) atoms. The van der Waals surface area contributed by atoms with Crippen molar-refractivity contribution in [3.8, 4) is 17.3 Å². The van der Waals surface area contributed by atoms with Crippen LogP contribution in [0.15, 0.2) is 36.7 Å². The number of ether oxygens (including phenoxy) is 1. The molecule has 1 unspecified atom stereocenters. The summed E-state index contributed by atoms with van der Waals surface area (Å²) < 4.78 is 41.4. The first-order chi connectivity index (χ1) is 15.7. The van der Waals surface area contributed by atoms with Gasteiger partial charge in [0, 0.05) is 31.9 Å². The number of hydrogen-bond acceptors (Lipinski definition) is 7. The number of benzene rings is 1. The molecule has 10 nitrogen and oxygen atoms in total. The maximum absolute atomic E-state index is 10.6. The number of aromatic nitrogens is 5. The first-order valence-corrected chi connectivity index (χ1v) is 9.70. The summed E-state index contributed by atoms with van der Waals surface area (Å²) in [5.41, 5.74) is 4.52. The number of fused-ring (bicyclic) bond motifs is 1. The molecule has 174 valence electrons. The van der Waals surface area contributed by atoms with Crippen LogP contribution in [0.25, 0.3) is 11.3 Å². The number of aryl methyl sites for hydroxylation is 1. The second kappa shape index (κ2) is 10.2. The van der Waals surface area contributed by atoms with Crippen molar-refractivity contribution in [3.05, 3.63) is 53.5 Å². The van der Waals surface area contributed by atoms with E-state index in [1.165, 1.54) is 0 Å². The molecule has 0 bridgehead atoms. The Morgan fingerprint density at radius 2 is 2.18 bits per heavy atom. The van der Waals surface area contributed by atoms with Crippen molar-refractivity contribution in [2.24, 2.45) is 7.05 Å². The number of aliphatic carboxylic acids is 1. The smallest absolute Gasteiger partial charge is 0.475 e. The van der Waals surface area contributed by atoms with Crippen molar-refractivity contribution in [2.75, 3.05) is 6.54 Å². The van der Waals surface area contributed by atoms with Crippen LogP contribution in [0.4, 0.5) is 13.2 Å². The number of nitrogens with zero attached hydrogens (tertiary/aromatic N) is 6. The lowest BCUT2D eigenvalue weighted by molar-refractivity contribution is -0.192. The minimum absolute atomic E-state index is 0.0325. The maximum Gasteiger partial charge on any atom is 0.490 e. The van der Waals surface area contributed by atoms with Crippen LogP contribution < -0.4 is 5.32 Å². The van der Waals surface area contributed by atoms with Gasteiger partial charge in [0.25, 0.3) is 0 Å². The van der Waals surface area contributed by atoms with Crippen molar-refractivity contribution in [3.63, 3.8) is 0 Å². The van der Waals surface area contributed by atoms with Gasteiger partial charge in [0.1, 0.15) is 5.69 Å². The van der Waals surface area contributed by atoms with Crippen molar-refractivity contribution in [2.45, 2.75) is 32.0 Å². The molecular weight excluding hydrogens is 443 g/mol. The summed E-state index contributed by atoms with van der Waals surface area (Å²) in [5.74, 6) is -2.76. The van der Waals surface area contributed by atoms with Gasteiger partial charge in [0.05, 0.1) is 42.8 Å². The summed E-state index contributed by atoms with van der Waals surface area (Å²) in [6, 6.07) is 9.76. The van der Waals surface area contributed by atoms with Gasteiger partial charge < -0.3 is 15.2 Å². The van der Waals surface area contributed by atoms with E-state index in [-0.39, 0.29) is 6.10 Å². The topological polar surface area (TPSA) is 131 Å². The van der Waals surface area contributed by atoms with Gasteiger partial charge in [-0.1, -0.05) is 17.3 Å². The number of carboxylic acids is 1. The fourth-order valence-corrected chi connectivity index (χ4v) is 3.08. The van der Waals surface area contributed by atoms with Crippen LogP contribution in [0.1, 0.15) is 16.8 Å². The number of carbonyl (C=O) groups is 1.